The molecular formula is C18H11FN2O2. The number of benzene rings is 2. The number of aromatic nitrogens is 1. The molecule has 0 saturated carbocycles. The fourth-order valence-electron chi connectivity index (χ4n) is 2.57. The fourth-order valence-corrected chi connectivity index (χ4v) is 2.57. The number of hydrogen-bond donors (Lipinski definition) is 1. The first-order chi connectivity index (χ1) is 11.2. The second-order valence-electron chi connectivity index (χ2n) is 5.15. The molecule has 4 nitrogen and oxygen atoms in total. The van der Waals surface area contributed by atoms with Crippen molar-refractivity contribution in [2.45, 2.75) is 0 Å². The van der Waals surface area contributed by atoms with Crippen molar-refractivity contribution in [3.8, 4) is 11.5 Å². The fraction of sp³-hybridized carbons (Fsp3) is 0. The van der Waals surface area contributed by atoms with Gasteiger partial charge in [-0.25, -0.2) is 4.39 Å². The van der Waals surface area contributed by atoms with Crippen molar-refractivity contribution in [3.05, 3.63) is 72.0 Å². The number of fused-ring (bicyclic) bond motifs is 2. The molecule has 0 atom stereocenters. The Morgan fingerprint density at radius 3 is 2.74 bits per heavy atom. The molecule has 2 aromatic carbocycles. The number of pyridine rings is 1. The maximum atomic E-state index is 13.2. The number of rotatable bonds is 1. The summed E-state index contributed by atoms with van der Waals surface area (Å²) in [6, 6.07) is 15.2. The standard InChI is InChI=1S/C18H11FN2O2/c19-13-6-5-11-8-16(20-10-12(11)7-13)18-9-15(21-22)14-3-1-2-4-17(14)23-18/h1-10,22H/b21-15-. The van der Waals surface area contributed by atoms with E-state index in [-0.39, 0.29) is 5.82 Å². The summed E-state index contributed by atoms with van der Waals surface area (Å²) < 4.78 is 19.1. The van der Waals surface area contributed by atoms with E-state index in [0.717, 1.165) is 5.39 Å². The topological polar surface area (TPSA) is 58.6 Å². The van der Waals surface area contributed by atoms with Gasteiger partial charge in [-0.05, 0) is 35.7 Å². The van der Waals surface area contributed by atoms with Crippen LogP contribution in [0.15, 0.2) is 70.4 Å². The Kier molecular flexibility index (Phi) is 3.05. The van der Waals surface area contributed by atoms with E-state index in [0.29, 0.717) is 33.2 Å². The van der Waals surface area contributed by atoms with Crippen LogP contribution in [0.5, 0.6) is 0 Å². The molecule has 0 aliphatic rings. The second kappa shape index (κ2) is 5.21. The van der Waals surface area contributed by atoms with Crippen LogP contribution in [0.25, 0.3) is 33.2 Å². The van der Waals surface area contributed by atoms with Crippen LogP contribution in [0.2, 0.25) is 0 Å². The Bertz CT molecular complexity index is 1100. The molecule has 0 aliphatic carbocycles. The van der Waals surface area contributed by atoms with E-state index in [1.165, 1.54) is 12.1 Å². The second-order valence-corrected chi connectivity index (χ2v) is 5.15. The first-order valence-electron chi connectivity index (χ1n) is 7.01. The highest BCUT2D eigenvalue weighted by molar-refractivity contribution is 5.85. The molecule has 4 rings (SSSR count). The summed E-state index contributed by atoms with van der Waals surface area (Å²) in [6.07, 6.45) is 1.59. The van der Waals surface area contributed by atoms with Gasteiger partial charge in [0.15, 0.2) is 5.76 Å². The van der Waals surface area contributed by atoms with Crippen molar-refractivity contribution in [2.24, 2.45) is 5.16 Å². The largest absolute Gasteiger partial charge is 0.454 e. The number of halogens is 1. The zero-order valence-corrected chi connectivity index (χ0v) is 11.9. The van der Waals surface area contributed by atoms with Crippen LogP contribution in [0.3, 0.4) is 0 Å². The Hall–Kier alpha value is -3.21. The van der Waals surface area contributed by atoms with Crippen LogP contribution < -0.4 is 5.36 Å². The minimum Gasteiger partial charge on any atom is -0.454 e. The maximum absolute atomic E-state index is 13.2. The highest BCUT2D eigenvalue weighted by atomic mass is 19.1. The Balaban J connectivity index is 1.97. The predicted octanol–water partition coefficient (Wildman–Crippen LogP) is 4.08. The number of nitrogens with zero attached hydrogens (tertiary/aromatic N) is 2. The van der Waals surface area contributed by atoms with Crippen LogP contribution in [0, 0.1) is 5.82 Å². The average molecular weight is 306 g/mol. The zero-order chi connectivity index (χ0) is 15.8. The third-order valence-electron chi connectivity index (χ3n) is 3.69. The van der Waals surface area contributed by atoms with E-state index in [2.05, 4.69) is 10.1 Å². The highest BCUT2D eigenvalue weighted by Gasteiger charge is 2.08. The normalized spacial score (nSPS) is 12.1. The molecule has 0 spiro atoms. The van der Waals surface area contributed by atoms with Crippen LogP contribution in [-0.2, 0) is 0 Å². The van der Waals surface area contributed by atoms with Crippen LogP contribution in [0.1, 0.15) is 0 Å². The van der Waals surface area contributed by atoms with Crippen molar-refractivity contribution in [1.82, 2.24) is 4.98 Å². The molecule has 0 radical (unpaired) electrons. The van der Waals surface area contributed by atoms with Gasteiger partial charge in [-0.2, -0.15) is 0 Å². The third kappa shape index (κ3) is 2.32. The molecule has 4 aromatic rings. The first kappa shape index (κ1) is 13.5. The Morgan fingerprint density at radius 1 is 1.00 bits per heavy atom. The molecular weight excluding hydrogens is 295 g/mol. The molecule has 0 amide bonds. The summed E-state index contributed by atoms with van der Waals surface area (Å²) in [5.41, 5.74) is 1.18. The summed E-state index contributed by atoms with van der Waals surface area (Å²) in [5.74, 6) is 0.173. The van der Waals surface area contributed by atoms with Crippen molar-refractivity contribution >= 4 is 21.7 Å². The molecule has 5 heteroatoms. The lowest BCUT2D eigenvalue weighted by atomic mass is 10.1. The van der Waals surface area contributed by atoms with E-state index in [4.69, 9.17) is 4.42 Å². The molecule has 2 heterocycles. The van der Waals surface area contributed by atoms with E-state index in [9.17, 15) is 9.60 Å². The molecule has 0 unspecified atom stereocenters. The van der Waals surface area contributed by atoms with Gasteiger partial charge in [0.25, 0.3) is 0 Å². The minimum absolute atomic E-state index is 0.302. The summed E-state index contributed by atoms with van der Waals surface area (Å²) in [7, 11) is 0. The SMILES string of the molecule is O/N=c1/cc(-c2cc3ccc(F)cc3cn2)oc2ccccc12. The number of hydrogen-bond acceptors (Lipinski definition) is 4. The predicted molar refractivity (Wildman–Crippen MR) is 84.3 cm³/mol. The molecule has 0 saturated heterocycles. The van der Waals surface area contributed by atoms with Crippen molar-refractivity contribution in [3.63, 3.8) is 0 Å². The van der Waals surface area contributed by atoms with Gasteiger partial charge in [0.2, 0.25) is 0 Å². The molecule has 2 aromatic heterocycles. The van der Waals surface area contributed by atoms with Gasteiger partial charge in [0.1, 0.15) is 22.5 Å². The van der Waals surface area contributed by atoms with Gasteiger partial charge in [-0.15, -0.1) is 0 Å². The van der Waals surface area contributed by atoms with Crippen LogP contribution in [-0.4, -0.2) is 10.2 Å². The van der Waals surface area contributed by atoms with Crippen LogP contribution in [0.4, 0.5) is 4.39 Å². The van der Waals surface area contributed by atoms with E-state index in [1.54, 1.807) is 24.4 Å². The molecule has 1 N–H and O–H groups in total. The summed E-state index contributed by atoms with van der Waals surface area (Å²) in [4.78, 5) is 4.32. The van der Waals surface area contributed by atoms with Crippen LogP contribution >= 0.6 is 0 Å². The van der Waals surface area contributed by atoms with E-state index >= 15 is 0 Å². The van der Waals surface area contributed by atoms with Gasteiger partial charge in [0.05, 0.1) is 0 Å². The van der Waals surface area contributed by atoms with Crippen molar-refractivity contribution in [2.75, 3.05) is 0 Å². The summed E-state index contributed by atoms with van der Waals surface area (Å²) in [6.45, 7) is 0. The van der Waals surface area contributed by atoms with Crippen molar-refractivity contribution in [1.29, 1.82) is 0 Å². The molecule has 0 aliphatic heterocycles. The average Bonchev–Trinajstić information content (AvgIpc) is 2.60. The molecule has 23 heavy (non-hydrogen) atoms. The van der Waals surface area contributed by atoms with Gasteiger partial charge in [-0.1, -0.05) is 23.4 Å². The van der Waals surface area contributed by atoms with Gasteiger partial charge < -0.3 is 9.62 Å². The molecule has 112 valence electrons. The zero-order valence-electron chi connectivity index (χ0n) is 11.9. The first-order valence-corrected chi connectivity index (χ1v) is 7.01. The molecule has 0 bridgehead atoms. The molecule has 0 fully saturated rings. The van der Waals surface area contributed by atoms with E-state index < -0.39 is 0 Å². The minimum atomic E-state index is -0.302. The Labute approximate surface area is 130 Å². The monoisotopic (exact) mass is 306 g/mol. The lowest BCUT2D eigenvalue weighted by Gasteiger charge is -2.05. The quantitative estimate of drug-likeness (QED) is 0.426. The summed E-state index contributed by atoms with van der Waals surface area (Å²) in [5, 5.41) is 15.2. The number of para-hydroxylation sites is 1. The summed E-state index contributed by atoms with van der Waals surface area (Å²) >= 11 is 0. The third-order valence-corrected chi connectivity index (χ3v) is 3.69. The lowest BCUT2D eigenvalue weighted by molar-refractivity contribution is 0.302. The Morgan fingerprint density at radius 2 is 1.87 bits per heavy atom. The highest BCUT2D eigenvalue weighted by Crippen LogP contribution is 2.24. The maximum Gasteiger partial charge on any atom is 0.155 e. The van der Waals surface area contributed by atoms with Gasteiger partial charge in [-0.3, -0.25) is 4.98 Å². The van der Waals surface area contributed by atoms with Gasteiger partial charge in [0, 0.05) is 23.0 Å². The van der Waals surface area contributed by atoms with Crippen molar-refractivity contribution < 1.29 is 14.0 Å². The smallest absolute Gasteiger partial charge is 0.155 e. The van der Waals surface area contributed by atoms with Gasteiger partial charge >= 0.3 is 0 Å². The van der Waals surface area contributed by atoms with E-state index in [1.807, 2.05) is 24.3 Å². The lowest BCUT2D eigenvalue weighted by Crippen LogP contribution is -2.03.